The summed E-state index contributed by atoms with van der Waals surface area (Å²) in [5.74, 6) is 1.28. The summed E-state index contributed by atoms with van der Waals surface area (Å²) < 4.78 is 38.6. The largest absolute Gasteiger partial charge is 0.493 e. The van der Waals surface area contributed by atoms with Crippen molar-refractivity contribution in [2.24, 2.45) is 0 Å². The molecule has 34 heavy (non-hydrogen) atoms. The first kappa shape index (κ1) is 24.1. The Balaban J connectivity index is 1.48. The number of aromatic nitrogens is 1. The highest BCUT2D eigenvalue weighted by Gasteiger charge is 2.34. The number of benzene rings is 2. The molecule has 1 fully saturated rings. The highest BCUT2D eigenvalue weighted by Crippen LogP contribution is 2.36. The van der Waals surface area contributed by atoms with E-state index in [1.807, 2.05) is 35.2 Å². The lowest BCUT2D eigenvalue weighted by atomic mass is 9.84. The first-order valence-electron chi connectivity index (χ1n) is 10.7. The van der Waals surface area contributed by atoms with Gasteiger partial charge in [-0.2, -0.15) is 0 Å². The zero-order chi connectivity index (χ0) is 24.3. The van der Waals surface area contributed by atoms with Crippen LogP contribution < -0.4 is 19.1 Å². The molecule has 1 aliphatic rings. The van der Waals surface area contributed by atoms with E-state index in [1.165, 1.54) is 44.7 Å². The van der Waals surface area contributed by atoms with Crippen LogP contribution in [0.15, 0.2) is 65.7 Å². The summed E-state index contributed by atoms with van der Waals surface area (Å²) in [4.78, 5) is 6.41. The first-order chi connectivity index (χ1) is 16.3. The Morgan fingerprint density at radius 2 is 1.71 bits per heavy atom. The summed E-state index contributed by atoms with van der Waals surface area (Å²) in [6.07, 6.45) is 2.49. The van der Waals surface area contributed by atoms with Crippen molar-refractivity contribution in [3.63, 3.8) is 0 Å². The average Bonchev–Trinajstić information content (AvgIpc) is 2.85. The summed E-state index contributed by atoms with van der Waals surface area (Å²) in [7, 11) is -0.990. The molecular weight excluding hydrogens is 478 g/mol. The second-order valence-corrected chi connectivity index (χ2v) is 10.1. The molecular formula is C24H26ClN3O5S. The number of nitrogens with zero attached hydrogens (tertiary/aromatic N) is 2. The third-order valence-corrected chi connectivity index (χ3v) is 7.60. The van der Waals surface area contributed by atoms with Crippen molar-refractivity contribution < 1.29 is 23.0 Å². The quantitative estimate of drug-likeness (QED) is 0.501. The third-order valence-electron chi connectivity index (χ3n) is 5.94. The Bertz CT molecular complexity index is 1260. The Labute approximate surface area is 204 Å². The van der Waals surface area contributed by atoms with Gasteiger partial charge in [-0.25, -0.2) is 13.4 Å². The van der Waals surface area contributed by atoms with Crippen molar-refractivity contribution in [2.75, 3.05) is 36.9 Å². The van der Waals surface area contributed by atoms with Gasteiger partial charge in [0.15, 0.2) is 11.5 Å². The standard InChI is InChI=1S/C24H26ClN3O5S/c1-32-21-9-8-19(15-22(21)33-2)34(30,31)27-18-14-20(25)23(26-16-18)28-12-10-24(29,11-13-28)17-6-4-3-5-7-17/h3-9,14-16,27,29H,10-13H2,1-2H3. The Morgan fingerprint density at radius 3 is 2.32 bits per heavy atom. The predicted octanol–water partition coefficient (Wildman–Crippen LogP) is 4.04. The number of methoxy groups -OCH3 is 2. The van der Waals surface area contributed by atoms with Crippen LogP contribution in [0.1, 0.15) is 18.4 Å². The van der Waals surface area contributed by atoms with Crippen molar-refractivity contribution in [2.45, 2.75) is 23.3 Å². The van der Waals surface area contributed by atoms with Gasteiger partial charge in [0.2, 0.25) is 0 Å². The highest BCUT2D eigenvalue weighted by atomic mass is 35.5. The van der Waals surface area contributed by atoms with Crippen LogP contribution in [0.5, 0.6) is 11.5 Å². The van der Waals surface area contributed by atoms with E-state index in [4.69, 9.17) is 21.1 Å². The number of nitrogens with one attached hydrogen (secondary N) is 1. The average molecular weight is 504 g/mol. The topological polar surface area (TPSA) is 101 Å². The van der Waals surface area contributed by atoms with Crippen LogP contribution in [0.3, 0.4) is 0 Å². The first-order valence-corrected chi connectivity index (χ1v) is 12.5. The van der Waals surface area contributed by atoms with Gasteiger partial charge in [-0.3, -0.25) is 4.72 Å². The molecule has 4 rings (SSSR count). The number of piperidine rings is 1. The molecule has 3 aromatic rings. The fourth-order valence-electron chi connectivity index (χ4n) is 4.04. The summed E-state index contributed by atoms with van der Waals surface area (Å²) in [6, 6.07) is 15.5. The Hall–Kier alpha value is -3.01. The van der Waals surface area contributed by atoms with Gasteiger partial charge in [0, 0.05) is 19.2 Å². The maximum atomic E-state index is 12.9. The molecule has 8 nitrogen and oxygen atoms in total. The molecule has 1 aromatic heterocycles. The lowest BCUT2D eigenvalue weighted by Crippen LogP contribution is -2.43. The Morgan fingerprint density at radius 1 is 1.03 bits per heavy atom. The van der Waals surface area contributed by atoms with E-state index in [2.05, 4.69) is 9.71 Å². The maximum absolute atomic E-state index is 12.9. The van der Waals surface area contributed by atoms with Crippen molar-refractivity contribution in [3.05, 3.63) is 71.4 Å². The fraction of sp³-hybridized carbons (Fsp3) is 0.292. The number of rotatable bonds is 7. The van der Waals surface area contributed by atoms with Crippen LogP contribution in [0.4, 0.5) is 11.5 Å². The van der Waals surface area contributed by atoms with Gasteiger partial charge < -0.3 is 19.5 Å². The summed E-state index contributed by atoms with van der Waals surface area (Å²) in [5.41, 5.74) is 0.245. The van der Waals surface area contributed by atoms with Gasteiger partial charge in [0.1, 0.15) is 5.82 Å². The van der Waals surface area contributed by atoms with Gasteiger partial charge >= 0.3 is 0 Å². The second kappa shape index (κ2) is 9.69. The molecule has 0 amide bonds. The number of pyridine rings is 1. The number of sulfonamides is 1. The number of aliphatic hydroxyl groups is 1. The molecule has 0 saturated carbocycles. The van der Waals surface area contributed by atoms with Crippen LogP contribution >= 0.6 is 11.6 Å². The molecule has 0 atom stereocenters. The lowest BCUT2D eigenvalue weighted by molar-refractivity contribution is 0.0116. The predicted molar refractivity (Wildman–Crippen MR) is 131 cm³/mol. The third kappa shape index (κ3) is 4.91. The molecule has 2 aromatic carbocycles. The minimum Gasteiger partial charge on any atom is -0.493 e. The van der Waals surface area contributed by atoms with E-state index in [1.54, 1.807) is 0 Å². The van der Waals surface area contributed by atoms with E-state index < -0.39 is 15.6 Å². The van der Waals surface area contributed by atoms with E-state index in [9.17, 15) is 13.5 Å². The Kier molecular flexibility index (Phi) is 6.88. The molecule has 0 bridgehead atoms. The van der Waals surface area contributed by atoms with Crippen LogP contribution in [0, 0.1) is 0 Å². The SMILES string of the molecule is COc1ccc(S(=O)(=O)Nc2cnc(N3CCC(O)(c4ccccc4)CC3)c(Cl)c2)cc1OC. The molecule has 1 aliphatic heterocycles. The number of halogens is 1. The molecule has 180 valence electrons. The van der Waals surface area contributed by atoms with Crippen LogP contribution in [0.2, 0.25) is 5.02 Å². The number of anilines is 2. The normalized spacial score (nSPS) is 15.6. The number of ether oxygens (including phenoxy) is 2. The van der Waals surface area contributed by atoms with E-state index >= 15 is 0 Å². The van der Waals surface area contributed by atoms with Crippen molar-refractivity contribution >= 4 is 33.1 Å². The van der Waals surface area contributed by atoms with Gasteiger partial charge in [-0.15, -0.1) is 0 Å². The maximum Gasteiger partial charge on any atom is 0.262 e. The van der Waals surface area contributed by atoms with E-state index in [0.29, 0.717) is 48.3 Å². The van der Waals surface area contributed by atoms with Crippen LogP contribution in [-0.4, -0.2) is 45.8 Å². The van der Waals surface area contributed by atoms with Crippen molar-refractivity contribution in [1.82, 2.24) is 4.98 Å². The molecule has 0 aliphatic carbocycles. The molecule has 0 spiro atoms. The number of hydrogen-bond acceptors (Lipinski definition) is 7. The lowest BCUT2D eigenvalue weighted by Gasteiger charge is -2.39. The molecule has 2 N–H and O–H groups in total. The summed E-state index contributed by atoms with van der Waals surface area (Å²) in [6.45, 7) is 1.13. The van der Waals surface area contributed by atoms with Gasteiger partial charge in [0.25, 0.3) is 10.0 Å². The fourth-order valence-corrected chi connectivity index (χ4v) is 5.38. The zero-order valence-corrected chi connectivity index (χ0v) is 20.4. The van der Waals surface area contributed by atoms with Gasteiger partial charge in [-0.05, 0) is 36.6 Å². The highest BCUT2D eigenvalue weighted by molar-refractivity contribution is 7.92. The van der Waals surface area contributed by atoms with Gasteiger partial charge in [-0.1, -0.05) is 41.9 Å². The van der Waals surface area contributed by atoms with Crippen molar-refractivity contribution in [1.29, 1.82) is 0 Å². The molecule has 2 heterocycles. The summed E-state index contributed by atoms with van der Waals surface area (Å²) >= 11 is 6.47. The molecule has 10 heteroatoms. The van der Waals surface area contributed by atoms with E-state index in [0.717, 1.165) is 5.56 Å². The smallest absolute Gasteiger partial charge is 0.262 e. The van der Waals surface area contributed by atoms with Crippen LogP contribution in [-0.2, 0) is 15.6 Å². The van der Waals surface area contributed by atoms with Crippen LogP contribution in [0.25, 0.3) is 0 Å². The summed E-state index contributed by atoms with van der Waals surface area (Å²) in [5, 5.41) is 11.4. The second-order valence-electron chi connectivity index (χ2n) is 8.04. The monoisotopic (exact) mass is 503 g/mol. The van der Waals surface area contributed by atoms with Gasteiger partial charge in [0.05, 0.1) is 41.6 Å². The van der Waals surface area contributed by atoms with Crippen molar-refractivity contribution in [3.8, 4) is 11.5 Å². The zero-order valence-electron chi connectivity index (χ0n) is 18.9. The minimum absolute atomic E-state index is 0.0153. The molecule has 0 radical (unpaired) electrons. The van der Waals surface area contributed by atoms with E-state index in [-0.39, 0.29) is 10.6 Å². The molecule has 1 saturated heterocycles. The minimum atomic E-state index is -3.90. The number of hydrogen-bond donors (Lipinski definition) is 2. The molecule has 0 unspecified atom stereocenters.